The van der Waals surface area contributed by atoms with Crippen LogP contribution in [0.25, 0.3) is 0 Å². The first-order valence-electron chi connectivity index (χ1n) is 6.92. The number of carbonyl (C=O) groups excluding carboxylic acids is 1. The van der Waals surface area contributed by atoms with Crippen molar-refractivity contribution in [3.05, 3.63) is 63.6 Å². The van der Waals surface area contributed by atoms with Crippen LogP contribution < -0.4 is 4.74 Å². The molecule has 0 bridgehead atoms. The Hall–Kier alpha value is -1.52. The molecule has 0 aliphatic rings. The van der Waals surface area contributed by atoms with E-state index in [1.54, 1.807) is 18.2 Å². The van der Waals surface area contributed by atoms with Crippen LogP contribution in [0.4, 0.5) is 0 Å². The third kappa shape index (κ3) is 5.70. The van der Waals surface area contributed by atoms with Gasteiger partial charge in [-0.1, -0.05) is 41.9 Å². The van der Waals surface area contributed by atoms with Crippen LogP contribution in [-0.2, 0) is 16.0 Å². The van der Waals surface area contributed by atoms with Crippen molar-refractivity contribution >= 4 is 33.5 Å². The maximum absolute atomic E-state index is 11.6. The molecule has 0 aliphatic carbocycles. The number of carbonyl (C=O) groups is 1. The molecule has 2 aromatic rings. The fourth-order valence-corrected chi connectivity index (χ4v) is 2.67. The summed E-state index contributed by atoms with van der Waals surface area (Å²) < 4.78 is 11.2. The van der Waals surface area contributed by atoms with Crippen LogP contribution in [0.5, 0.6) is 5.75 Å². The van der Waals surface area contributed by atoms with Gasteiger partial charge in [-0.2, -0.15) is 0 Å². The Morgan fingerprint density at radius 2 is 1.91 bits per heavy atom. The minimum atomic E-state index is -0.380. The van der Waals surface area contributed by atoms with Crippen molar-refractivity contribution in [1.29, 1.82) is 0 Å². The lowest BCUT2D eigenvalue weighted by Crippen LogP contribution is -2.16. The van der Waals surface area contributed by atoms with E-state index < -0.39 is 0 Å². The number of hydrogen-bond donors (Lipinski definition) is 0. The van der Waals surface area contributed by atoms with Gasteiger partial charge in [-0.25, -0.2) is 4.79 Å². The zero-order chi connectivity index (χ0) is 15.8. The van der Waals surface area contributed by atoms with Crippen molar-refractivity contribution in [2.24, 2.45) is 0 Å². The summed E-state index contributed by atoms with van der Waals surface area (Å²) in [5.41, 5.74) is 1.24. The molecule has 0 amide bonds. The second-order valence-corrected chi connectivity index (χ2v) is 5.96. The Balaban J connectivity index is 1.65. The molecule has 0 unspecified atom stereocenters. The molecule has 0 saturated carbocycles. The highest BCUT2D eigenvalue weighted by atomic mass is 79.9. The van der Waals surface area contributed by atoms with E-state index in [4.69, 9.17) is 21.1 Å². The highest BCUT2D eigenvalue weighted by molar-refractivity contribution is 9.10. The van der Waals surface area contributed by atoms with Gasteiger partial charge in [-0.05, 0) is 52.5 Å². The van der Waals surface area contributed by atoms with Gasteiger partial charge in [0.2, 0.25) is 0 Å². The highest BCUT2D eigenvalue weighted by Crippen LogP contribution is 2.27. The first-order valence-corrected chi connectivity index (χ1v) is 8.09. The predicted octanol–water partition coefficient (Wildman–Crippen LogP) is 4.66. The lowest BCUT2D eigenvalue weighted by molar-refractivity contribution is -0.146. The molecule has 0 fully saturated rings. The smallest absolute Gasteiger partial charge is 0.344 e. The topological polar surface area (TPSA) is 35.5 Å². The SMILES string of the molecule is O=C(COc1ccc(Cl)cc1Br)OCCCc1ccccc1. The second kappa shape index (κ2) is 8.81. The first kappa shape index (κ1) is 16.8. The summed E-state index contributed by atoms with van der Waals surface area (Å²) in [5.74, 6) is 0.181. The van der Waals surface area contributed by atoms with Crippen LogP contribution in [0.3, 0.4) is 0 Å². The number of benzene rings is 2. The van der Waals surface area contributed by atoms with Crippen LogP contribution in [0, 0.1) is 0 Å². The summed E-state index contributed by atoms with van der Waals surface area (Å²) in [6.07, 6.45) is 1.68. The van der Waals surface area contributed by atoms with Gasteiger partial charge in [0.05, 0.1) is 11.1 Å². The van der Waals surface area contributed by atoms with Crippen LogP contribution >= 0.6 is 27.5 Å². The van der Waals surface area contributed by atoms with E-state index in [2.05, 4.69) is 28.1 Å². The molecule has 3 nitrogen and oxygen atoms in total. The normalized spacial score (nSPS) is 10.3. The van der Waals surface area contributed by atoms with E-state index in [0.717, 1.165) is 12.8 Å². The summed E-state index contributed by atoms with van der Waals surface area (Å²) in [7, 11) is 0. The Labute approximate surface area is 143 Å². The Kier molecular flexibility index (Phi) is 6.74. The molecule has 0 aliphatic heterocycles. The van der Waals surface area contributed by atoms with Crippen molar-refractivity contribution in [3.63, 3.8) is 0 Å². The van der Waals surface area contributed by atoms with Gasteiger partial charge in [-0.3, -0.25) is 0 Å². The average Bonchev–Trinajstić information content (AvgIpc) is 2.52. The molecule has 2 rings (SSSR count). The Morgan fingerprint density at radius 3 is 2.64 bits per heavy atom. The standard InChI is InChI=1S/C17H16BrClO3/c18-15-11-14(19)8-9-16(15)22-12-17(20)21-10-4-7-13-5-2-1-3-6-13/h1-3,5-6,8-9,11H,4,7,10,12H2. The molecule has 22 heavy (non-hydrogen) atoms. The second-order valence-electron chi connectivity index (χ2n) is 4.67. The van der Waals surface area contributed by atoms with Crippen molar-refractivity contribution in [2.45, 2.75) is 12.8 Å². The van der Waals surface area contributed by atoms with Crippen molar-refractivity contribution in [2.75, 3.05) is 13.2 Å². The van der Waals surface area contributed by atoms with Crippen LogP contribution in [0.2, 0.25) is 5.02 Å². The van der Waals surface area contributed by atoms with E-state index in [9.17, 15) is 4.79 Å². The van der Waals surface area contributed by atoms with E-state index in [1.165, 1.54) is 5.56 Å². The molecular formula is C17H16BrClO3. The maximum Gasteiger partial charge on any atom is 0.344 e. The van der Waals surface area contributed by atoms with Crippen molar-refractivity contribution < 1.29 is 14.3 Å². The molecule has 116 valence electrons. The van der Waals surface area contributed by atoms with Gasteiger partial charge in [0.15, 0.2) is 6.61 Å². The molecule has 2 aromatic carbocycles. The third-order valence-electron chi connectivity index (χ3n) is 2.96. The lowest BCUT2D eigenvalue weighted by Gasteiger charge is -2.08. The Bertz CT molecular complexity index is 617. The van der Waals surface area contributed by atoms with E-state index in [0.29, 0.717) is 21.9 Å². The summed E-state index contributed by atoms with van der Waals surface area (Å²) in [5, 5.41) is 0.600. The van der Waals surface area contributed by atoms with Crippen molar-refractivity contribution in [3.8, 4) is 5.75 Å². The zero-order valence-electron chi connectivity index (χ0n) is 11.9. The third-order valence-corrected chi connectivity index (χ3v) is 3.81. The van der Waals surface area contributed by atoms with Crippen molar-refractivity contribution in [1.82, 2.24) is 0 Å². The van der Waals surface area contributed by atoms with Gasteiger partial charge in [0.1, 0.15) is 5.75 Å². The zero-order valence-corrected chi connectivity index (χ0v) is 14.3. The Morgan fingerprint density at radius 1 is 1.14 bits per heavy atom. The minimum Gasteiger partial charge on any atom is -0.481 e. The number of rotatable bonds is 7. The lowest BCUT2D eigenvalue weighted by atomic mass is 10.1. The summed E-state index contributed by atoms with van der Waals surface area (Å²) in [6.45, 7) is 0.268. The predicted molar refractivity (Wildman–Crippen MR) is 90.4 cm³/mol. The van der Waals surface area contributed by atoms with Gasteiger partial charge < -0.3 is 9.47 Å². The van der Waals surface area contributed by atoms with Gasteiger partial charge in [0.25, 0.3) is 0 Å². The fraction of sp³-hybridized carbons (Fsp3) is 0.235. The molecule has 0 aromatic heterocycles. The molecular weight excluding hydrogens is 368 g/mol. The summed E-state index contributed by atoms with van der Waals surface area (Å²) in [6, 6.07) is 15.2. The number of halogens is 2. The molecule has 0 spiro atoms. The molecule has 0 radical (unpaired) electrons. The molecule has 5 heteroatoms. The van der Waals surface area contributed by atoms with Crippen LogP contribution in [0.1, 0.15) is 12.0 Å². The summed E-state index contributed by atoms with van der Waals surface area (Å²) >= 11 is 9.16. The quantitative estimate of drug-likeness (QED) is 0.515. The maximum atomic E-state index is 11.6. The van der Waals surface area contributed by atoms with Crippen LogP contribution in [0.15, 0.2) is 53.0 Å². The molecule has 0 atom stereocenters. The van der Waals surface area contributed by atoms with E-state index >= 15 is 0 Å². The molecule has 0 saturated heterocycles. The molecule has 0 heterocycles. The highest BCUT2D eigenvalue weighted by Gasteiger charge is 2.07. The number of hydrogen-bond acceptors (Lipinski definition) is 3. The van der Waals surface area contributed by atoms with Gasteiger partial charge in [0, 0.05) is 5.02 Å². The number of aryl methyl sites for hydroxylation is 1. The average molecular weight is 384 g/mol. The van der Waals surface area contributed by atoms with E-state index in [-0.39, 0.29) is 12.6 Å². The largest absolute Gasteiger partial charge is 0.481 e. The van der Waals surface area contributed by atoms with E-state index in [1.807, 2.05) is 18.2 Å². The number of esters is 1. The minimum absolute atomic E-state index is 0.119. The van der Waals surface area contributed by atoms with Gasteiger partial charge in [-0.15, -0.1) is 0 Å². The van der Waals surface area contributed by atoms with Gasteiger partial charge >= 0.3 is 5.97 Å². The molecule has 0 N–H and O–H groups in total. The summed E-state index contributed by atoms with van der Waals surface area (Å²) in [4.78, 5) is 11.6. The number of ether oxygens (including phenoxy) is 2. The monoisotopic (exact) mass is 382 g/mol. The van der Waals surface area contributed by atoms with Crippen LogP contribution in [-0.4, -0.2) is 19.2 Å². The fourth-order valence-electron chi connectivity index (χ4n) is 1.88. The first-order chi connectivity index (χ1) is 10.6.